The molecule has 2 N–H and O–H groups in total. The van der Waals surface area contributed by atoms with Crippen LogP contribution in [0.3, 0.4) is 0 Å². The predicted octanol–water partition coefficient (Wildman–Crippen LogP) is 3.89. The average molecular weight is 255 g/mol. The van der Waals surface area contributed by atoms with Crippen molar-refractivity contribution in [1.82, 2.24) is 9.78 Å². The molecule has 0 bridgehead atoms. The van der Waals surface area contributed by atoms with E-state index in [9.17, 15) is 0 Å². The smallest absolute Gasteiger partial charge is 0.127 e. The Labute approximate surface area is 114 Å². The Morgan fingerprint density at radius 3 is 2.37 bits per heavy atom. The molecule has 3 heteroatoms. The van der Waals surface area contributed by atoms with Crippen LogP contribution in [0.25, 0.3) is 5.69 Å². The number of nitrogens with zero attached hydrogens (tertiary/aromatic N) is 2. The van der Waals surface area contributed by atoms with Crippen molar-refractivity contribution in [2.45, 2.75) is 44.4 Å². The molecule has 1 heterocycles. The fourth-order valence-electron chi connectivity index (χ4n) is 2.97. The number of hydrogen-bond donors (Lipinski definition) is 1. The lowest BCUT2D eigenvalue weighted by Gasteiger charge is -2.10. The molecule has 1 saturated carbocycles. The first-order chi connectivity index (χ1) is 9.34. The van der Waals surface area contributed by atoms with Gasteiger partial charge in [-0.25, -0.2) is 4.68 Å². The van der Waals surface area contributed by atoms with Crippen LogP contribution in [0.15, 0.2) is 36.4 Å². The maximum Gasteiger partial charge on any atom is 0.127 e. The first kappa shape index (κ1) is 12.3. The summed E-state index contributed by atoms with van der Waals surface area (Å²) >= 11 is 0. The summed E-state index contributed by atoms with van der Waals surface area (Å²) < 4.78 is 1.86. The molecule has 1 aromatic carbocycles. The van der Waals surface area contributed by atoms with Crippen LogP contribution in [0.4, 0.5) is 5.82 Å². The van der Waals surface area contributed by atoms with Gasteiger partial charge in [-0.3, -0.25) is 0 Å². The van der Waals surface area contributed by atoms with E-state index in [0.717, 1.165) is 11.5 Å². The third-order valence-corrected chi connectivity index (χ3v) is 4.03. The lowest BCUT2D eigenvalue weighted by atomic mass is 9.97. The molecule has 0 spiro atoms. The van der Waals surface area contributed by atoms with Gasteiger partial charge in [-0.05, 0) is 25.0 Å². The van der Waals surface area contributed by atoms with Gasteiger partial charge in [0.1, 0.15) is 5.82 Å². The second kappa shape index (κ2) is 5.47. The summed E-state index contributed by atoms with van der Waals surface area (Å²) in [5.41, 5.74) is 8.33. The van der Waals surface area contributed by atoms with Crippen LogP contribution in [-0.2, 0) is 0 Å². The minimum Gasteiger partial charge on any atom is -0.384 e. The van der Waals surface area contributed by atoms with E-state index < -0.39 is 0 Å². The predicted molar refractivity (Wildman–Crippen MR) is 78.4 cm³/mol. The van der Waals surface area contributed by atoms with E-state index in [-0.39, 0.29) is 0 Å². The van der Waals surface area contributed by atoms with E-state index in [2.05, 4.69) is 6.07 Å². The van der Waals surface area contributed by atoms with Crippen molar-refractivity contribution >= 4 is 5.82 Å². The average Bonchev–Trinajstić information content (AvgIpc) is 2.67. The highest BCUT2D eigenvalue weighted by atomic mass is 15.3. The Morgan fingerprint density at radius 2 is 1.68 bits per heavy atom. The molecule has 3 nitrogen and oxygen atoms in total. The SMILES string of the molecule is Nc1cc(C2CCCCCC2)nn1-c1ccccc1. The highest BCUT2D eigenvalue weighted by Gasteiger charge is 2.18. The van der Waals surface area contributed by atoms with Crippen LogP contribution in [0.1, 0.15) is 50.1 Å². The van der Waals surface area contributed by atoms with Crippen LogP contribution >= 0.6 is 0 Å². The monoisotopic (exact) mass is 255 g/mol. The van der Waals surface area contributed by atoms with Gasteiger partial charge in [-0.1, -0.05) is 43.9 Å². The van der Waals surface area contributed by atoms with Crippen molar-refractivity contribution in [3.63, 3.8) is 0 Å². The molecule has 1 aliphatic carbocycles. The first-order valence-corrected chi connectivity index (χ1v) is 7.25. The number of nitrogen functional groups attached to an aromatic ring is 1. The summed E-state index contributed by atoms with van der Waals surface area (Å²) in [6.07, 6.45) is 7.89. The van der Waals surface area contributed by atoms with Crippen molar-refractivity contribution < 1.29 is 0 Å². The third kappa shape index (κ3) is 2.65. The maximum atomic E-state index is 6.12. The van der Waals surface area contributed by atoms with Crippen molar-refractivity contribution in [2.24, 2.45) is 0 Å². The van der Waals surface area contributed by atoms with E-state index in [1.165, 1.54) is 44.2 Å². The van der Waals surface area contributed by atoms with Gasteiger partial charge in [0.25, 0.3) is 0 Å². The lowest BCUT2D eigenvalue weighted by Crippen LogP contribution is -2.03. The maximum absolute atomic E-state index is 6.12. The van der Waals surface area contributed by atoms with Crippen molar-refractivity contribution in [1.29, 1.82) is 0 Å². The first-order valence-electron chi connectivity index (χ1n) is 7.25. The van der Waals surface area contributed by atoms with Crippen LogP contribution in [0, 0.1) is 0 Å². The van der Waals surface area contributed by atoms with Crippen LogP contribution < -0.4 is 5.73 Å². The van der Waals surface area contributed by atoms with Crippen molar-refractivity contribution in [3.8, 4) is 5.69 Å². The third-order valence-electron chi connectivity index (χ3n) is 4.03. The fraction of sp³-hybridized carbons (Fsp3) is 0.438. The van der Waals surface area contributed by atoms with Gasteiger partial charge in [-0.2, -0.15) is 5.10 Å². The molecule has 1 aromatic heterocycles. The van der Waals surface area contributed by atoms with Gasteiger partial charge in [-0.15, -0.1) is 0 Å². The zero-order chi connectivity index (χ0) is 13.1. The van der Waals surface area contributed by atoms with E-state index in [1.807, 2.05) is 35.0 Å². The molecule has 3 rings (SSSR count). The van der Waals surface area contributed by atoms with E-state index in [1.54, 1.807) is 0 Å². The summed E-state index contributed by atoms with van der Waals surface area (Å²) in [6, 6.07) is 12.2. The summed E-state index contributed by atoms with van der Waals surface area (Å²) in [5.74, 6) is 1.33. The van der Waals surface area contributed by atoms with Gasteiger partial charge in [0.2, 0.25) is 0 Å². The minimum atomic E-state index is 0.592. The largest absolute Gasteiger partial charge is 0.384 e. The summed E-state index contributed by atoms with van der Waals surface area (Å²) in [7, 11) is 0. The Bertz CT molecular complexity index is 522. The molecular formula is C16H21N3. The zero-order valence-electron chi connectivity index (χ0n) is 11.3. The number of anilines is 1. The highest BCUT2D eigenvalue weighted by molar-refractivity contribution is 5.43. The molecular weight excluding hydrogens is 234 g/mol. The Kier molecular flexibility index (Phi) is 3.53. The van der Waals surface area contributed by atoms with Crippen LogP contribution in [0.5, 0.6) is 0 Å². The van der Waals surface area contributed by atoms with E-state index in [4.69, 9.17) is 10.8 Å². The number of hydrogen-bond acceptors (Lipinski definition) is 2. The highest BCUT2D eigenvalue weighted by Crippen LogP contribution is 2.32. The van der Waals surface area contributed by atoms with Gasteiger partial charge >= 0.3 is 0 Å². The second-order valence-electron chi connectivity index (χ2n) is 5.43. The normalized spacial score (nSPS) is 17.3. The van der Waals surface area contributed by atoms with Gasteiger partial charge < -0.3 is 5.73 Å². The minimum absolute atomic E-state index is 0.592. The number of nitrogens with two attached hydrogens (primary N) is 1. The molecule has 100 valence electrons. The number of benzene rings is 1. The van der Waals surface area contributed by atoms with Crippen LogP contribution in [0.2, 0.25) is 0 Å². The molecule has 2 aromatic rings. The summed E-state index contributed by atoms with van der Waals surface area (Å²) in [6.45, 7) is 0. The van der Waals surface area contributed by atoms with Crippen molar-refractivity contribution in [3.05, 3.63) is 42.1 Å². The zero-order valence-corrected chi connectivity index (χ0v) is 11.3. The molecule has 1 fully saturated rings. The topological polar surface area (TPSA) is 43.8 Å². The van der Waals surface area contributed by atoms with E-state index >= 15 is 0 Å². The molecule has 0 aliphatic heterocycles. The van der Waals surface area contributed by atoms with E-state index in [0.29, 0.717) is 5.92 Å². The Hall–Kier alpha value is -1.77. The molecule has 0 atom stereocenters. The molecule has 0 unspecified atom stereocenters. The number of aromatic nitrogens is 2. The summed E-state index contributed by atoms with van der Waals surface area (Å²) in [5, 5.41) is 4.74. The van der Waals surface area contributed by atoms with Gasteiger partial charge in [0.15, 0.2) is 0 Å². The Morgan fingerprint density at radius 1 is 1.00 bits per heavy atom. The van der Waals surface area contributed by atoms with Gasteiger partial charge in [0, 0.05) is 12.0 Å². The van der Waals surface area contributed by atoms with Crippen molar-refractivity contribution in [2.75, 3.05) is 5.73 Å². The van der Waals surface area contributed by atoms with Crippen LogP contribution in [-0.4, -0.2) is 9.78 Å². The molecule has 19 heavy (non-hydrogen) atoms. The number of rotatable bonds is 2. The van der Waals surface area contributed by atoms with Gasteiger partial charge in [0.05, 0.1) is 11.4 Å². The Balaban J connectivity index is 1.88. The standard InChI is InChI=1S/C16H21N3/c17-16-12-15(13-8-4-1-2-5-9-13)18-19(16)14-10-6-3-7-11-14/h3,6-7,10-13H,1-2,4-5,8-9,17H2. The fourth-order valence-corrected chi connectivity index (χ4v) is 2.97. The molecule has 0 saturated heterocycles. The summed E-state index contributed by atoms with van der Waals surface area (Å²) in [4.78, 5) is 0. The number of para-hydroxylation sites is 1. The second-order valence-corrected chi connectivity index (χ2v) is 5.43. The molecule has 1 aliphatic rings. The quantitative estimate of drug-likeness (QED) is 0.827. The molecule has 0 amide bonds. The lowest BCUT2D eigenvalue weighted by molar-refractivity contribution is 0.571. The molecule has 0 radical (unpaired) electrons.